The van der Waals surface area contributed by atoms with Crippen LogP contribution in [0.1, 0.15) is 40.0 Å². The highest BCUT2D eigenvalue weighted by Gasteiger charge is 2.50. The second kappa shape index (κ2) is 7.20. The van der Waals surface area contributed by atoms with Gasteiger partial charge in [0.1, 0.15) is 0 Å². The third-order valence-electron chi connectivity index (χ3n) is 3.67. The number of hydrogen-bond acceptors (Lipinski definition) is 3. The van der Waals surface area contributed by atoms with E-state index in [-0.39, 0.29) is 5.91 Å². The van der Waals surface area contributed by atoms with E-state index >= 15 is 0 Å². The van der Waals surface area contributed by atoms with Crippen molar-refractivity contribution in [2.24, 2.45) is 23.0 Å². The van der Waals surface area contributed by atoms with Crippen molar-refractivity contribution in [3.63, 3.8) is 0 Å². The first-order valence-corrected chi connectivity index (χ1v) is 7.45. The minimum Gasteiger partial charge on any atom is -0.392 e. The lowest BCUT2D eigenvalue weighted by Crippen LogP contribution is -2.56. The molecule has 1 fully saturated rings. The number of nitrogens with two attached hydrogens (primary N) is 1. The molecule has 19 heavy (non-hydrogen) atoms. The SMILES string of the molecule is CC(C)CCOCCNC(=O)C1(C(N)=S)CC(C)C1. The molecule has 1 amide bonds. The van der Waals surface area contributed by atoms with E-state index in [1.807, 2.05) is 0 Å². The maximum atomic E-state index is 12.1. The minimum absolute atomic E-state index is 0.0365. The molecule has 0 aromatic heterocycles. The van der Waals surface area contributed by atoms with Crippen LogP contribution in [-0.2, 0) is 9.53 Å². The van der Waals surface area contributed by atoms with Gasteiger partial charge in [-0.2, -0.15) is 0 Å². The Hall–Kier alpha value is -0.680. The van der Waals surface area contributed by atoms with Crippen molar-refractivity contribution >= 4 is 23.1 Å². The van der Waals surface area contributed by atoms with Gasteiger partial charge >= 0.3 is 0 Å². The highest BCUT2D eigenvalue weighted by Crippen LogP contribution is 2.45. The van der Waals surface area contributed by atoms with Gasteiger partial charge in [-0.05, 0) is 31.1 Å². The van der Waals surface area contributed by atoms with Crippen LogP contribution >= 0.6 is 12.2 Å². The van der Waals surface area contributed by atoms with E-state index in [0.717, 1.165) is 25.9 Å². The molecule has 0 saturated heterocycles. The summed E-state index contributed by atoms with van der Waals surface area (Å²) in [6, 6.07) is 0. The second-order valence-electron chi connectivity index (χ2n) is 6.01. The fourth-order valence-corrected chi connectivity index (χ4v) is 2.71. The summed E-state index contributed by atoms with van der Waals surface area (Å²) in [4.78, 5) is 12.5. The van der Waals surface area contributed by atoms with Crippen LogP contribution < -0.4 is 11.1 Å². The van der Waals surface area contributed by atoms with Crippen LogP contribution in [0.4, 0.5) is 0 Å². The predicted molar refractivity (Wildman–Crippen MR) is 80.9 cm³/mol. The number of carbonyl (C=O) groups excluding carboxylic acids is 1. The summed E-state index contributed by atoms with van der Waals surface area (Å²) >= 11 is 5.04. The average Bonchev–Trinajstić information content (AvgIpc) is 2.28. The first kappa shape index (κ1) is 16.4. The second-order valence-corrected chi connectivity index (χ2v) is 6.45. The van der Waals surface area contributed by atoms with Crippen molar-refractivity contribution in [3.8, 4) is 0 Å². The van der Waals surface area contributed by atoms with Crippen LogP contribution in [0.25, 0.3) is 0 Å². The molecule has 110 valence electrons. The topological polar surface area (TPSA) is 64.3 Å². The molecule has 0 unspecified atom stereocenters. The molecule has 5 heteroatoms. The van der Waals surface area contributed by atoms with Gasteiger partial charge in [-0.25, -0.2) is 0 Å². The van der Waals surface area contributed by atoms with Gasteiger partial charge in [-0.1, -0.05) is 33.0 Å². The van der Waals surface area contributed by atoms with Crippen molar-refractivity contribution in [2.45, 2.75) is 40.0 Å². The zero-order chi connectivity index (χ0) is 14.5. The molecule has 1 aliphatic rings. The molecule has 0 spiro atoms. The van der Waals surface area contributed by atoms with Crippen molar-refractivity contribution < 1.29 is 9.53 Å². The van der Waals surface area contributed by atoms with Crippen molar-refractivity contribution in [1.82, 2.24) is 5.32 Å². The highest BCUT2D eigenvalue weighted by molar-refractivity contribution is 7.80. The van der Waals surface area contributed by atoms with Crippen LogP contribution in [0.5, 0.6) is 0 Å². The molecule has 0 radical (unpaired) electrons. The largest absolute Gasteiger partial charge is 0.392 e. The van der Waals surface area contributed by atoms with Crippen molar-refractivity contribution in [2.75, 3.05) is 19.8 Å². The molecule has 1 rings (SSSR count). The molecule has 0 aliphatic heterocycles. The van der Waals surface area contributed by atoms with Gasteiger partial charge in [0.15, 0.2) is 0 Å². The van der Waals surface area contributed by atoms with Crippen LogP contribution in [0.3, 0.4) is 0 Å². The fourth-order valence-electron chi connectivity index (χ4n) is 2.46. The van der Waals surface area contributed by atoms with E-state index in [2.05, 4.69) is 26.1 Å². The molecule has 3 N–H and O–H groups in total. The summed E-state index contributed by atoms with van der Waals surface area (Å²) in [7, 11) is 0. The van der Waals surface area contributed by atoms with Crippen LogP contribution in [0, 0.1) is 17.3 Å². The summed E-state index contributed by atoms with van der Waals surface area (Å²) < 4.78 is 5.46. The number of thiocarbonyl (C=S) groups is 1. The first-order valence-electron chi connectivity index (χ1n) is 7.04. The average molecular weight is 286 g/mol. The lowest BCUT2D eigenvalue weighted by atomic mass is 9.62. The van der Waals surface area contributed by atoms with Crippen LogP contribution in [-0.4, -0.2) is 30.7 Å². The smallest absolute Gasteiger partial charge is 0.233 e. The Bertz CT molecular complexity index is 325. The highest BCUT2D eigenvalue weighted by atomic mass is 32.1. The number of nitrogens with one attached hydrogen (secondary N) is 1. The summed E-state index contributed by atoms with van der Waals surface area (Å²) in [6.07, 6.45) is 2.58. The quantitative estimate of drug-likeness (QED) is 0.528. The lowest BCUT2D eigenvalue weighted by molar-refractivity contribution is -0.133. The van der Waals surface area contributed by atoms with Gasteiger partial charge in [-0.15, -0.1) is 0 Å². The van der Waals surface area contributed by atoms with Crippen molar-refractivity contribution in [3.05, 3.63) is 0 Å². The molecule has 1 saturated carbocycles. The number of amides is 1. The summed E-state index contributed by atoms with van der Waals surface area (Å²) in [6.45, 7) is 8.24. The maximum absolute atomic E-state index is 12.1. The predicted octanol–water partition coefficient (Wildman–Crippen LogP) is 1.87. The normalized spacial score (nSPS) is 26.0. The maximum Gasteiger partial charge on any atom is 0.233 e. The Morgan fingerprint density at radius 2 is 2.11 bits per heavy atom. The molecule has 4 nitrogen and oxygen atoms in total. The standard InChI is InChI=1S/C14H26N2O2S/c1-10(2)4-6-18-7-5-16-13(17)14(12(15)19)8-11(3)9-14/h10-11H,4-9H2,1-3H3,(H2,15,19)(H,16,17). The minimum atomic E-state index is -0.604. The van der Waals surface area contributed by atoms with E-state index in [4.69, 9.17) is 22.7 Å². The molecule has 1 aliphatic carbocycles. The van der Waals surface area contributed by atoms with E-state index in [0.29, 0.717) is 30.0 Å². The Balaban J connectivity index is 2.22. The van der Waals surface area contributed by atoms with Crippen LogP contribution in [0.15, 0.2) is 0 Å². The molecular weight excluding hydrogens is 260 g/mol. The molecule has 0 aromatic carbocycles. The fraction of sp³-hybridized carbons (Fsp3) is 0.857. The number of rotatable bonds is 8. The van der Waals surface area contributed by atoms with Gasteiger partial charge in [-0.3, -0.25) is 4.79 Å². The Kier molecular flexibility index (Phi) is 6.20. The Morgan fingerprint density at radius 3 is 2.58 bits per heavy atom. The molecule has 0 aromatic rings. The zero-order valence-electron chi connectivity index (χ0n) is 12.2. The van der Waals surface area contributed by atoms with Gasteiger partial charge in [0.25, 0.3) is 0 Å². The third kappa shape index (κ3) is 4.42. The number of hydrogen-bond donors (Lipinski definition) is 2. The Morgan fingerprint density at radius 1 is 1.47 bits per heavy atom. The number of carbonyl (C=O) groups is 1. The van der Waals surface area contributed by atoms with E-state index in [1.165, 1.54) is 0 Å². The molecule has 0 heterocycles. The molecule has 0 atom stereocenters. The number of ether oxygens (including phenoxy) is 1. The monoisotopic (exact) mass is 286 g/mol. The molecule has 0 bridgehead atoms. The summed E-state index contributed by atoms with van der Waals surface area (Å²) in [5.74, 6) is 1.13. The van der Waals surface area contributed by atoms with Gasteiger partial charge < -0.3 is 15.8 Å². The first-order chi connectivity index (χ1) is 8.88. The van der Waals surface area contributed by atoms with E-state index < -0.39 is 5.41 Å². The third-order valence-corrected chi connectivity index (χ3v) is 4.06. The van der Waals surface area contributed by atoms with Crippen molar-refractivity contribution in [1.29, 1.82) is 0 Å². The summed E-state index contributed by atoms with van der Waals surface area (Å²) in [5, 5.41) is 2.88. The van der Waals surface area contributed by atoms with E-state index in [9.17, 15) is 4.79 Å². The zero-order valence-corrected chi connectivity index (χ0v) is 13.0. The van der Waals surface area contributed by atoms with Gasteiger partial charge in [0.05, 0.1) is 17.0 Å². The van der Waals surface area contributed by atoms with Crippen LogP contribution in [0.2, 0.25) is 0 Å². The van der Waals surface area contributed by atoms with Gasteiger partial charge in [0, 0.05) is 13.2 Å². The molecular formula is C14H26N2O2S. The van der Waals surface area contributed by atoms with Gasteiger partial charge in [0.2, 0.25) is 5.91 Å². The lowest BCUT2D eigenvalue weighted by Gasteiger charge is -2.44. The Labute approximate surface area is 121 Å². The van der Waals surface area contributed by atoms with E-state index in [1.54, 1.807) is 0 Å². The summed E-state index contributed by atoms with van der Waals surface area (Å²) in [5.41, 5.74) is 5.12.